The second kappa shape index (κ2) is 7.07. The fourth-order valence-corrected chi connectivity index (χ4v) is 5.05. The molecule has 0 spiro atoms. The molecule has 1 aromatic carbocycles. The number of rotatable bonds is 4. The molecule has 3 rings (SSSR count). The number of hydrogen-bond donors (Lipinski definition) is 2. The molecule has 1 fully saturated rings. The zero-order chi connectivity index (χ0) is 19.1. The summed E-state index contributed by atoms with van der Waals surface area (Å²) in [5.41, 5.74) is 5.85. The molecular weight excluding hydrogens is 403 g/mol. The van der Waals surface area contributed by atoms with Crippen LogP contribution < -0.4 is 5.73 Å². The molecule has 1 aliphatic heterocycles. The molecule has 1 aromatic heterocycles. The molecule has 1 unspecified atom stereocenters. The fourth-order valence-electron chi connectivity index (χ4n) is 2.86. The van der Waals surface area contributed by atoms with E-state index in [0.717, 1.165) is 0 Å². The first kappa shape index (κ1) is 19.0. The number of hydrogen-bond acceptors (Lipinski definition) is 5. The average molecular weight is 419 g/mol. The van der Waals surface area contributed by atoms with E-state index in [1.54, 1.807) is 0 Å². The van der Waals surface area contributed by atoms with Gasteiger partial charge in [-0.2, -0.15) is 9.40 Å². The minimum absolute atomic E-state index is 0.0333. The van der Waals surface area contributed by atoms with Crippen LogP contribution in [0.2, 0.25) is 10.0 Å². The third-order valence-electron chi connectivity index (χ3n) is 4.27. The molecule has 0 amide bonds. The number of aromatic carboxylic acids is 1. The van der Waals surface area contributed by atoms with Crippen LogP contribution in [0.15, 0.2) is 29.4 Å². The summed E-state index contributed by atoms with van der Waals surface area (Å²) < 4.78 is 28.7. The number of nitrogens with two attached hydrogens (primary N) is 1. The first-order chi connectivity index (χ1) is 12.2. The van der Waals surface area contributed by atoms with Crippen LogP contribution in [0.25, 0.3) is 0 Å². The normalized spacial score (nSPS) is 18.8. The number of piperidine rings is 1. The number of benzene rings is 1. The Labute approximate surface area is 160 Å². The van der Waals surface area contributed by atoms with Gasteiger partial charge in [0.2, 0.25) is 10.0 Å². The number of nitrogen functional groups attached to an aromatic ring is 1. The van der Waals surface area contributed by atoms with Crippen molar-refractivity contribution >= 4 is 44.9 Å². The second-order valence-electron chi connectivity index (χ2n) is 5.97. The number of anilines is 1. The molecule has 1 aliphatic rings. The van der Waals surface area contributed by atoms with Gasteiger partial charge in [-0.1, -0.05) is 23.2 Å². The van der Waals surface area contributed by atoms with Gasteiger partial charge in [0.15, 0.2) is 0 Å². The smallest absolute Gasteiger partial charge is 0.338 e. The Morgan fingerprint density at radius 3 is 2.54 bits per heavy atom. The minimum Gasteiger partial charge on any atom is -0.478 e. The van der Waals surface area contributed by atoms with Crippen LogP contribution in [0, 0.1) is 0 Å². The van der Waals surface area contributed by atoms with Crippen molar-refractivity contribution in [3.8, 4) is 0 Å². The van der Waals surface area contributed by atoms with Crippen LogP contribution >= 0.6 is 23.2 Å². The highest BCUT2D eigenvalue weighted by Crippen LogP contribution is 2.33. The Hall–Kier alpha value is -1.81. The van der Waals surface area contributed by atoms with Crippen molar-refractivity contribution in [2.24, 2.45) is 0 Å². The molecule has 0 aliphatic carbocycles. The molecule has 26 heavy (non-hydrogen) atoms. The summed E-state index contributed by atoms with van der Waals surface area (Å²) in [6, 6.07) is 2.29. The number of carbonyl (C=O) groups is 1. The van der Waals surface area contributed by atoms with Crippen molar-refractivity contribution in [3.63, 3.8) is 0 Å². The van der Waals surface area contributed by atoms with Gasteiger partial charge in [-0.15, -0.1) is 0 Å². The van der Waals surface area contributed by atoms with Crippen molar-refractivity contribution in [2.45, 2.75) is 23.8 Å². The number of carboxylic acid groups (broad SMARTS) is 1. The molecule has 8 nitrogen and oxygen atoms in total. The van der Waals surface area contributed by atoms with E-state index in [0.29, 0.717) is 19.4 Å². The van der Waals surface area contributed by atoms with E-state index in [9.17, 15) is 13.2 Å². The lowest BCUT2D eigenvalue weighted by molar-refractivity contribution is 0.0696. The van der Waals surface area contributed by atoms with Crippen molar-refractivity contribution in [1.82, 2.24) is 14.1 Å². The lowest BCUT2D eigenvalue weighted by Crippen LogP contribution is -2.40. The lowest BCUT2D eigenvalue weighted by Gasteiger charge is -2.32. The third-order valence-corrected chi connectivity index (χ3v) is 6.74. The zero-order valence-corrected chi connectivity index (χ0v) is 15.8. The second-order valence-corrected chi connectivity index (χ2v) is 8.73. The Bertz CT molecular complexity index is 937. The van der Waals surface area contributed by atoms with Gasteiger partial charge in [0.25, 0.3) is 0 Å². The average Bonchev–Trinajstić information content (AvgIpc) is 3.09. The lowest BCUT2D eigenvalue weighted by atomic mass is 10.1. The third kappa shape index (κ3) is 3.52. The van der Waals surface area contributed by atoms with Crippen LogP contribution in [0.1, 0.15) is 29.2 Å². The monoisotopic (exact) mass is 418 g/mol. The van der Waals surface area contributed by atoms with Gasteiger partial charge in [-0.25, -0.2) is 13.2 Å². The van der Waals surface area contributed by atoms with Gasteiger partial charge in [0.1, 0.15) is 0 Å². The van der Waals surface area contributed by atoms with Gasteiger partial charge in [0.05, 0.1) is 38.4 Å². The maximum Gasteiger partial charge on any atom is 0.338 e. The van der Waals surface area contributed by atoms with Crippen LogP contribution in [-0.4, -0.2) is 46.7 Å². The summed E-state index contributed by atoms with van der Waals surface area (Å²) in [5, 5.41) is 13.2. The number of carboxylic acids is 1. The zero-order valence-electron chi connectivity index (χ0n) is 13.5. The van der Waals surface area contributed by atoms with E-state index in [1.807, 2.05) is 0 Å². The highest BCUT2D eigenvalue weighted by molar-refractivity contribution is 7.89. The Balaban J connectivity index is 1.87. The molecule has 11 heteroatoms. The van der Waals surface area contributed by atoms with Gasteiger partial charge >= 0.3 is 5.97 Å². The van der Waals surface area contributed by atoms with Gasteiger partial charge in [0, 0.05) is 19.3 Å². The van der Waals surface area contributed by atoms with Crippen LogP contribution in [0.3, 0.4) is 0 Å². The Kier molecular flexibility index (Phi) is 5.16. The number of nitrogens with zero attached hydrogens (tertiary/aromatic N) is 3. The summed E-state index contributed by atoms with van der Waals surface area (Å²) in [5.74, 6) is -1.08. The van der Waals surface area contributed by atoms with Crippen molar-refractivity contribution in [3.05, 3.63) is 40.1 Å². The highest BCUT2D eigenvalue weighted by atomic mass is 35.5. The van der Waals surface area contributed by atoms with E-state index in [2.05, 4.69) is 5.10 Å². The fraction of sp³-hybridized carbons (Fsp3) is 0.333. The predicted molar refractivity (Wildman–Crippen MR) is 97.1 cm³/mol. The van der Waals surface area contributed by atoms with Gasteiger partial charge < -0.3 is 10.8 Å². The summed E-state index contributed by atoms with van der Waals surface area (Å²) in [4.78, 5) is 11.0. The molecular formula is C15H16Cl2N4O4S. The van der Waals surface area contributed by atoms with Crippen LogP contribution in [0.5, 0.6) is 0 Å². The Morgan fingerprint density at radius 1 is 1.31 bits per heavy atom. The highest BCUT2D eigenvalue weighted by Gasteiger charge is 2.32. The molecule has 1 saturated heterocycles. The number of sulfonamides is 1. The molecule has 0 bridgehead atoms. The predicted octanol–water partition coefficient (Wildman–Crippen LogP) is 2.50. The van der Waals surface area contributed by atoms with Gasteiger partial charge in [-0.3, -0.25) is 4.68 Å². The molecule has 0 radical (unpaired) electrons. The summed E-state index contributed by atoms with van der Waals surface area (Å²) >= 11 is 11.9. The molecule has 0 saturated carbocycles. The summed E-state index contributed by atoms with van der Waals surface area (Å²) in [6.07, 6.45) is 3.95. The SMILES string of the molecule is Nc1c(Cl)cc(S(=O)(=O)N2CCCC(n3cc(C(=O)O)cn3)C2)cc1Cl. The first-order valence-corrected chi connectivity index (χ1v) is 9.92. The summed E-state index contributed by atoms with van der Waals surface area (Å²) in [6.45, 7) is 0.508. The minimum atomic E-state index is -3.82. The van der Waals surface area contributed by atoms with Gasteiger partial charge in [-0.05, 0) is 25.0 Å². The molecule has 2 aromatic rings. The maximum atomic E-state index is 12.9. The van der Waals surface area contributed by atoms with E-state index in [4.69, 9.17) is 34.0 Å². The molecule has 1 atom stereocenters. The van der Waals surface area contributed by atoms with Crippen molar-refractivity contribution in [1.29, 1.82) is 0 Å². The van der Waals surface area contributed by atoms with E-state index in [-0.39, 0.29) is 38.8 Å². The standard InChI is InChI=1S/C15H16Cl2N4O4S/c16-12-4-11(5-13(17)14(12)18)26(24,25)20-3-1-2-10(8-20)21-7-9(6-19-21)15(22)23/h4-7,10H,1-3,8,18H2,(H,22,23). The van der Waals surface area contributed by atoms with E-state index in [1.165, 1.54) is 33.5 Å². The van der Waals surface area contributed by atoms with Crippen LogP contribution in [-0.2, 0) is 10.0 Å². The van der Waals surface area contributed by atoms with Crippen LogP contribution in [0.4, 0.5) is 5.69 Å². The molecule has 3 N–H and O–H groups in total. The van der Waals surface area contributed by atoms with Crippen molar-refractivity contribution < 1.29 is 18.3 Å². The largest absolute Gasteiger partial charge is 0.478 e. The van der Waals surface area contributed by atoms with E-state index >= 15 is 0 Å². The molecule has 140 valence electrons. The number of aromatic nitrogens is 2. The Morgan fingerprint density at radius 2 is 1.96 bits per heavy atom. The molecule has 2 heterocycles. The number of halogens is 2. The van der Waals surface area contributed by atoms with E-state index < -0.39 is 16.0 Å². The topological polar surface area (TPSA) is 119 Å². The summed E-state index contributed by atoms with van der Waals surface area (Å²) in [7, 11) is -3.82. The maximum absolute atomic E-state index is 12.9. The quantitative estimate of drug-likeness (QED) is 0.736. The first-order valence-electron chi connectivity index (χ1n) is 7.72. The van der Waals surface area contributed by atoms with Crippen molar-refractivity contribution in [2.75, 3.05) is 18.8 Å².